The molecule has 0 spiro atoms. The van der Waals surface area contributed by atoms with E-state index < -0.39 is 5.97 Å². The lowest BCUT2D eigenvalue weighted by Gasteiger charge is -2.01. The van der Waals surface area contributed by atoms with Gasteiger partial charge in [0.15, 0.2) is 0 Å². The number of carbonyl (C=O) groups is 1. The van der Waals surface area contributed by atoms with Gasteiger partial charge in [0.25, 0.3) is 0 Å². The average Bonchev–Trinajstić information content (AvgIpc) is 2.47. The summed E-state index contributed by atoms with van der Waals surface area (Å²) in [7, 11) is 0. The van der Waals surface area contributed by atoms with Gasteiger partial charge in [0.05, 0.1) is 6.42 Å². The van der Waals surface area contributed by atoms with Crippen molar-refractivity contribution in [2.75, 3.05) is 0 Å². The van der Waals surface area contributed by atoms with Crippen molar-refractivity contribution >= 4 is 11.8 Å². The molecule has 0 radical (unpaired) electrons. The molecule has 0 aliphatic carbocycles. The van der Waals surface area contributed by atoms with Gasteiger partial charge < -0.3 is 10.6 Å². The smallest absolute Gasteiger partial charge is 0.339 e. The second-order valence-corrected chi connectivity index (χ2v) is 4.37. The van der Waals surface area contributed by atoms with Crippen LogP contribution in [0.4, 0.5) is 0 Å². The molecule has 4 nitrogen and oxygen atoms in total. The van der Waals surface area contributed by atoms with Gasteiger partial charge in [0.1, 0.15) is 5.84 Å². The van der Waals surface area contributed by atoms with Crippen LogP contribution in [-0.4, -0.2) is 11.8 Å². The maximum absolute atomic E-state index is 11.6. The normalized spacial score (nSPS) is 11.1. The summed E-state index contributed by atoms with van der Waals surface area (Å²) >= 11 is 0. The third-order valence-electron chi connectivity index (χ3n) is 2.68. The highest BCUT2D eigenvalue weighted by molar-refractivity contribution is 5.83. The Kier molecular flexibility index (Phi) is 4.89. The van der Waals surface area contributed by atoms with Crippen LogP contribution in [0.25, 0.3) is 0 Å². The molecule has 0 aliphatic rings. The minimum atomic E-state index is -0.424. The molecular formula is C16H16N2O2. The van der Waals surface area contributed by atoms with Crippen LogP contribution in [0.3, 0.4) is 0 Å². The zero-order chi connectivity index (χ0) is 14.2. The molecule has 0 fully saturated rings. The topological polar surface area (TPSA) is 64.7 Å². The molecule has 2 aromatic rings. The Hall–Kier alpha value is -2.62. The van der Waals surface area contributed by atoms with Gasteiger partial charge in [-0.15, -0.1) is 0 Å². The number of nitrogens with zero attached hydrogens (tertiary/aromatic N) is 1. The summed E-state index contributed by atoms with van der Waals surface area (Å²) in [5.74, 6) is -0.148. The molecule has 0 atom stereocenters. The summed E-state index contributed by atoms with van der Waals surface area (Å²) in [5, 5.41) is 3.66. The summed E-state index contributed by atoms with van der Waals surface area (Å²) in [5.41, 5.74) is 7.62. The Labute approximate surface area is 117 Å². The van der Waals surface area contributed by atoms with Crippen molar-refractivity contribution in [3.05, 3.63) is 71.8 Å². The van der Waals surface area contributed by atoms with Crippen molar-refractivity contribution < 1.29 is 9.63 Å². The predicted octanol–water partition coefficient (Wildman–Crippen LogP) is 2.29. The number of nitrogens with two attached hydrogens (primary N) is 1. The second kappa shape index (κ2) is 7.09. The lowest BCUT2D eigenvalue weighted by Crippen LogP contribution is -2.17. The molecule has 2 rings (SSSR count). The number of oxime groups is 1. The number of benzene rings is 2. The number of rotatable bonds is 5. The first kappa shape index (κ1) is 13.8. The van der Waals surface area contributed by atoms with Gasteiger partial charge >= 0.3 is 5.97 Å². The molecule has 0 amide bonds. The van der Waals surface area contributed by atoms with Gasteiger partial charge in [0, 0.05) is 6.42 Å². The second-order valence-electron chi connectivity index (χ2n) is 4.37. The molecule has 2 N–H and O–H groups in total. The lowest BCUT2D eigenvalue weighted by molar-refractivity contribution is -0.142. The highest BCUT2D eigenvalue weighted by atomic mass is 16.7. The summed E-state index contributed by atoms with van der Waals surface area (Å²) < 4.78 is 0. The maximum Gasteiger partial charge on any atom is 0.339 e. The first-order chi connectivity index (χ1) is 9.74. The lowest BCUT2D eigenvalue weighted by atomic mass is 10.1. The molecule has 4 heteroatoms. The molecule has 0 bridgehead atoms. The van der Waals surface area contributed by atoms with E-state index in [9.17, 15) is 4.79 Å². The molecule has 0 heterocycles. The molecule has 0 saturated carbocycles. The van der Waals surface area contributed by atoms with Crippen LogP contribution in [0.5, 0.6) is 0 Å². The molecule has 102 valence electrons. The Morgan fingerprint density at radius 1 is 0.900 bits per heavy atom. The van der Waals surface area contributed by atoms with Gasteiger partial charge in [-0.25, -0.2) is 4.79 Å². The van der Waals surface area contributed by atoms with E-state index >= 15 is 0 Å². The molecule has 20 heavy (non-hydrogen) atoms. The fraction of sp³-hybridized carbons (Fsp3) is 0.125. The van der Waals surface area contributed by atoms with Crippen molar-refractivity contribution in [2.45, 2.75) is 12.8 Å². The van der Waals surface area contributed by atoms with E-state index in [0.717, 1.165) is 11.1 Å². The average molecular weight is 268 g/mol. The quantitative estimate of drug-likeness (QED) is 0.391. The number of amidine groups is 1. The first-order valence-electron chi connectivity index (χ1n) is 6.34. The Morgan fingerprint density at radius 3 is 1.95 bits per heavy atom. The Bertz CT molecular complexity index is 580. The zero-order valence-corrected chi connectivity index (χ0v) is 11.0. The molecular weight excluding hydrogens is 252 g/mol. The van der Waals surface area contributed by atoms with Gasteiger partial charge in [0.2, 0.25) is 0 Å². The highest BCUT2D eigenvalue weighted by Crippen LogP contribution is 2.02. The van der Waals surface area contributed by atoms with Crippen molar-refractivity contribution in [3.63, 3.8) is 0 Å². The molecule has 2 aromatic carbocycles. The summed E-state index contributed by atoms with van der Waals surface area (Å²) in [6, 6.07) is 19.0. The van der Waals surface area contributed by atoms with Gasteiger partial charge in [-0.05, 0) is 11.1 Å². The predicted molar refractivity (Wildman–Crippen MR) is 78.0 cm³/mol. The minimum absolute atomic E-state index is 0.183. The van der Waals surface area contributed by atoms with Crippen LogP contribution in [0.2, 0.25) is 0 Å². The third-order valence-corrected chi connectivity index (χ3v) is 2.68. The summed E-state index contributed by atoms with van der Waals surface area (Å²) in [6.45, 7) is 0. The standard InChI is InChI=1S/C16H16N2O2/c17-15(11-13-7-3-1-4-8-13)18-20-16(19)12-14-9-5-2-6-10-14/h1-10H,11-12H2,(H2,17,18). The van der Waals surface area contributed by atoms with Crippen LogP contribution in [0.1, 0.15) is 11.1 Å². The van der Waals surface area contributed by atoms with E-state index in [1.54, 1.807) is 0 Å². The van der Waals surface area contributed by atoms with E-state index in [4.69, 9.17) is 10.6 Å². The van der Waals surface area contributed by atoms with Crippen molar-refractivity contribution in [1.29, 1.82) is 0 Å². The third kappa shape index (κ3) is 4.57. The van der Waals surface area contributed by atoms with E-state index in [1.807, 2.05) is 60.7 Å². The highest BCUT2D eigenvalue weighted by Gasteiger charge is 2.05. The van der Waals surface area contributed by atoms with Crippen molar-refractivity contribution in [3.8, 4) is 0 Å². The van der Waals surface area contributed by atoms with Crippen molar-refractivity contribution in [2.24, 2.45) is 10.9 Å². The van der Waals surface area contributed by atoms with Crippen LogP contribution in [0, 0.1) is 0 Å². The monoisotopic (exact) mass is 268 g/mol. The van der Waals surface area contributed by atoms with Gasteiger partial charge in [-0.3, -0.25) is 0 Å². The van der Waals surface area contributed by atoms with Crippen LogP contribution >= 0.6 is 0 Å². The molecule has 0 unspecified atom stereocenters. The fourth-order valence-electron chi connectivity index (χ4n) is 1.74. The minimum Gasteiger partial charge on any atom is -0.384 e. The van der Waals surface area contributed by atoms with Crippen molar-refractivity contribution in [1.82, 2.24) is 0 Å². The van der Waals surface area contributed by atoms with Gasteiger partial charge in [-0.1, -0.05) is 65.8 Å². The molecule has 0 saturated heterocycles. The fourth-order valence-corrected chi connectivity index (χ4v) is 1.74. The number of hydrogen-bond donors (Lipinski definition) is 1. The van der Waals surface area contributed by atoms with Crippen LogP contribution in [-0.2, 0) is 22.5 Å². The molecule has 0 aliphatic heterocycles. The maximum atomic E-state index is 11.6. The van der Waals surface area contributed by atoms with E-state index in [-0.39, 0.29) is 12.3 Å². The number of hydrogen-bond acceptors (Lipinski definition) is 3. The molecule has 0 aromatic heterocycles. The van der Waals surface area contributed by atoms with E-state index in [2.05, 4.69) is 5.16 Å². The summed E-state index contributed by atoms with van der Waals surface area (Å²) in [6.07, 6.45) is 0.641. The van der Waals surface area contributed by atoms with E-state index in [1.165, 1.54) is 0 Å². The SMILES string of the molecule is N/C(Cc1ccccc1)=N\OC(=O)Cc1ccccc1. The Balaban J connectivity index is 1.84. The largest absolute Gasteiger partial charge is 0.384 e. The zero-order valence-electron chi connectivity index (χ0n) is 11.0. The summed E-state index contributed by atoms with van der Waals surface area (Å²) in [4.78, 5) is 16.4. The number of carbonyl (C=O) groups excluding carboxylic acids is 1. The first-order valence-corrected chi connectivity index (χ1v) is 6.34. The van der Waals surface area contributed by atoms with Crippen LogP contribution < -0.4 is 5.73 Å². The van der Waals surface area contributed by atoms with E-state index in [0.29, 0.717) is 6.42 Å². The Morgan fingerprint density at radius 2 is 1.40 bits per heavy atom. The van der Waals surface area contributed by atoms with Crippen LogP contribution in [0.15, 0.2) is 65.8 Å². The van der Waals surface area contributed by atoms with Gasteiger partial charge in [-0.2, -0.15) is 0 Å².